The maximum Gasteiger partial charge on any atom is 0.416 e. The molecule has 1 aliphatic rings. The summed E-state index contributed by atoms with van der Waals surface area (Å²) in [5.74, 6) is -0.379. The van der Waals surface area contributed by atoms with E-state index in [0.29, 0.717) is 22.4 Å². The molecule has 1 heterocycles. The third-order valence-electron chi connectivity index (χ3n) is 4.14. The van der Waals surface area contributed by atoms with E-state index in [-0.39, 0.29) is 22.8 Å². The summed E-state index contributed by atoms with van der Waals surface area (Å²) in [6, 6.07) is 7.58. The highest BCUT2D eigenvalue weighted by atomic mass is 79.9. The first-order valence-electron chi connectivity index (χ1n) is 8.56. The number of phenolic OH excluding ortho intramolecular Hbond substituents is 1. The number of ether oxygens (including phenoxy) is 1. The van der Waals surface area contributed by atoms with Gasteiger partial charge in [0.2, 0.25) is 0 Å². The Kier molecular flexibility index (Phi) is 5.70. The Balaban J connectivity index is 1.97. The molecule has 0 fully saturated rings. The van der Waals surface area contributed by atoms with Crippen LogP contribution in [0.2, 0.25) is 0 Å². The third-order valence-corrected chi connectivity index (χ3v) is 4.75. The lowest BCUT2D eigenvalue weighted by atomic mass is 10.1. The van der Waals surface area contributed by atoms with E-state index in [4.69, 9.17) is 4.74 Å². The molecule has 2 aromatic carbocycles. The number of hydrazone groups is 1. The second-order valence-electron chi connectivity index (χ2n) is 6.19. The molecule has 5 nitrogen and oxygen atoms in total. The molecule has 0 saturated carbocycles. The minimum atomic E-state index is -4.52. The summed E-state index contributed by atoms with van der Waals surface area (Å²) in [5, 5.41) is 15.1. The minimum absolute atomic E-state index is 0.0227. The standard InChI is InChI=1S/C20H16BrF3N2O3/c1-3-29-17-9-12(8-16(21)18(17)27)7-15-11(2)25-26(19(15)28)14-6-4-5-13(10-14)20(22,23)24/h4-10,27H,3H2,1-2H3. The molecule has 0 radical (unpaired) electrons. The van der Waals surface area contributed by atoms with Crippen molar-refractivity contribution in [3.8, 4) is 11.5 Å². The molecule has 0 aromatic heterocycles. The van der Waals surface area contributed by atoms with Crippen LogP contribution in [0.5, 0.6) is 11.5 Å². The van der Waals surface area contributed by atoms with Gasteiger partial charge in [-0.15, -0.1) is 0 Å². The van der Waals surface area contributed by atoms with Gasteiger partial charge in [0, 0.05) is 0 Å². The van der Waals surface area contributed by atoms with Crippen molar-refractivity contribution in [3.05, 3.63) is 57.6 Å². The number of amides is 1. The molecule has 9 heteroatoms. The fourth-order valence-electron chi connectivity index (χ4n) is 2.78. The predicted molar refractivity (Wildman–Crippen MR) is 107 cm³/mol. The Labute approximate surface area is 173 Å². The number of hydrogen-bond donors (Lipinski definition) is 1. The zero-order valence-electron chi connectivity index (χ0n) is 15.4. The molecule has 0 spiro atoms. The van der Waals surface area contributed by atoms with Gasteiger partial charge in [0.15, 0.2) is 11.5 Å². The Morgan fingerprint density at radius 2 is 2.00 bits per heavy atom. The van der Waals surface area contributed by atoms with Gasteiger partial charge < -0.3 is 9.84 Å². The van der Waals surface area contributed by atoms with Crippen LogP contribution >= 0.6 is 15.9 Å². The summed E-state index contributed by atoms with van der Waals surface area (Å²) >= 11 is 3.23. The number of nitrogens with zero attached hydrogens (tertiary/aromatic N) is 2. The molecule has 152 valence electrons. The first-order chi connectivity index (χ1) is 13.6. The molecule has 0 bridgehead atoms. The Hall–Kier alpha value is -2.81. The van der Waals surface area contributed by atoms with Crippen LogP contribution in [0.15, 0.2) is 51.5 Å². The number of phenols is 1. The van der Waals surface area contributed by atoms with Crippen LogP contribution in [0, 0.1) is 0 Å². The second kappa shape index (κ2) is 7.90. The van der Waals surface area contributed by atoms with Crippen LogP contribution in [0.25, 0.3) is 6.08 Å². The first kappa shape index (κ1) is 20.9. The molecule has 2 aromatic rings. The number of rotatable bonds is 4. The molecule has 0 unspecified atom stereocenters. The Morgan fingerprint density at radius 3 is 2.66 bits per heavy atom. The van der Waals surface area contributed by atoms with E-state index < -0.39 is 17.6 Å². The number of alkyl halides is 3. The van der Waals surface area contributed by atoms with Crippen LogP contribution in [-0.2, 0) is 11.0 Å². The van der Waals surface area contributed by atoms with Crippen molar-refractivity contribution in [3.63, 3.8) is 0 Å². The van der Waals surface area contributed by atoms with Crippen LogP contribution in [-0.4, -0.2) is 23.3 Å². The quantitative estimate of drug-likeness (QED) is 0.612. The number of carbonyl (C=O) groups is 1. The Morgan fingerprint density at radius 1 is 1.28 bits per heavy atom. The van der Waals surface area contributed by atoms with Crippen molar-refractivity contribution in [1.29, 1.82) is 0 Å². The molecule has 29 heavy (non-hydrogen) atoms. The number of hydrogen-bond acceptors (Lipinski definition) is 4. The van der Waals surface area contributed by atoms with Crippen molar-refractivity contribution in [2.75, 3.05) is 11.6 Å². The average Bonchev–Trinajstić information content (AvgIpc) is 2.93. The van der Waals surface area contributed by atoms with Gasteiger partial charge in [-0.1, -0.05) is 6.07 Å². The van der Waals surface area contributed by atoms with Crippen molar-refractivity contribution >= 4 is 39.3 Å². The summed E-state index contributed by atoms with van der Waals surface area (Å²) in [4.78, 5) is 12.8. The maximum atomic E-state index is 13.0. The van der Waals surface area contributed by atoms with E-state index in [1.165, 1.54) is 12.1 Å². The number of benzene rings is 2. The summed E-state index contributed by atoms with van der Waals surface area (Å²) in [6.45, 7) is 3.70. The van der Waals surface area contributed by atoms with Gasteiger partial charge in [-0.25, -0.2) is 0 Å². The zero-order valence-corrected chi connectivity index (χ0v) is 17.0. The molecule has 1 N–H and O–H groups in total. The first-order valence-corrected chi connectivity index (χ1v) is 9.35. The van der Waals surface area contributed by atoms with Crippen molar-refractivity contribution in [2.24, 2.45) is 5.10 Å². The SMILES string of the molecule is CCOc1cc(C=C2C(=O)N(c3cccc(C(F)(F)F)c3)N=C2C)cc(Br)c1O. The molecule has 0 atom stereocenters. The molecule has 1 aliphatic heterocycles. The van der Waals surface area contributed by atoms with Gasteiger partial charge in [0.25, 0.3) is 5.91 Å². The van der Waals surface area contributed by atoms with Gasteiger partial charge in [0.05, 0.1) is 33.6 Å². The summed E-state index contributed by atoms with van der Waals surface area (Å²) in [7, 11) is 0. The van der Waals surface area contributed by atoms with Gasteiger partial charge in [-0.05, 0) is 71.7 Å². The van der Waals surface area contributed by atoms with Crippen LogP contribution < -0.4 is 9.75 Å². The van der Waals surface area contributed by atoms with Crippen LogP contribution in [0.1, 0.15) is 25.0 Å². The van der Waals surface area contributed by atoms with Crippen molar-refractivity contribution in [2.45, 2.75) is 20.0 Å². The number of carbonyl (C=O) groups excluding carboxylic acids is 1. The predicted octanol–water partition coefficient (Wildman–Crippen LogP) is 5.38. The highest BCUT2D eigenvalue weighted by Gasteiger charge is 2.33. The monoisotopic (exact) mass is 468 g/mol. The smallest absolute Gasteiger partial charge is 0.416 e. The van der Waals surface area contributed by atoms with Crippen LogP contribution in [0.4, 0.5) is 18.9 Å². The lowest BCUT2D eigenvalue weighted by molar-refractivity contribution is -0.137. The lowest BCUT2D eigenvalue weighted by Crippen LogP contribution is -2.21. The van der Waals surface area contributed by atoms with Crippen molar-refractivity contribution in [1.82, 2.24) is 0 Å². The second-order valence-corrected chi connectivity index (χ2v) is 7.05. The number of halogens is 4. The van der Waals surface area contributed by atoms with Gasteiger partial charge in [-0.3, -0.25) is 4.79 Å². The number of anilines is 1. The lowest BCUT2D eigenvalue weighted by Gasteiger charge is -2.14. The summed E-state index contributed by atoms with van der Waals surface area (Å²) in [6.07, 6.45) is -2.98. The normalized spacial score (nSPS) is 15.8. The van der Waals surface area contributed by atoms with Crippen LogP contribution in [0.3, 0.4) is 0 Å². The largest absolute Gasteiger partial charge is 0.503 e. The summed E-state index contributed by atoms with van der Waals surface area (Å²) < 4.78 is 44.7. The van der Waals surface area contributed by atoms with E-state index in [1.54, 1.807) is 32.1 Å². The van der Waals surface area contributed by atoms with Crippen molar-refractivity contribution < 1.29 is 27.8 Å². The zero-order chi connectivity index (χ0) is 21.3. The highest BCUT2D eigenvalue weighted by Crippen LogP contribution is 2.37. The van der Waals surface area contributed by atoms with E-state index in [0.717, 1.165) is 17.1 Å². The third kappa shape index (κ3) is 4.29. The minimum Gasteiger partial charge on any atom is -0.503 e. The fourth-order valence-corrected chi connectivity index (χ4v) is 3.24. The van der Waals surface area contributed by atoms with E-state index in [2.05, 4.69) is 21.0 Å². The molecular weight excluding hydrogens is 453 g/mol. The highest BCUT2D eigenvalue weighted by molar-refractivity contribution is 9.10. The van der Waals surface area contributed by atoms with E-state index in [9.17, 15) is 23.1 Å². The maximum absolute atomic E-state index is 13.0. The summed E-state index contributed by atoms with van der Waals surface area (Å²) in [5.41, 5.74) is 0.297. The average molecular weight is 469 g/mol. The molecule has 0 aliphatic carbocycles. The van der Waals surface area contributed by atoms with Gasteiger partial charge in [-0.2, -0.15) is 23.3 Å². The van der Waals surface area contributed by atoms with Gasteiger partial charge in [0.1, 0.15) is 0 Å². The topological polar surface area (TPSA) is 62.1 Å². The molecule has 0 saturated heterocycles. The molecular formula is C20H16BrF3N2O3. The molecule has 1 amide bonds. The Bertz CT molecular complexity index is 1030. The van der Waals surface area contributed by atoms with Gasteiger partial charge >= 0.3 is 6.18 Å². The van der Waals surface area contributed by atoms with E-state index >= 15 is 0 Å². The number of aromatic hydroxyl groups is 1. The fraction of sp³-hybridized carbons (Fsp3) is 0.200. The van der Waals surface area contributed by atoms with E-state index in [1.807, 2.05) is 0 Å². The molecule has 3 rings (SSSR count).